The van der Waals surface area contributed by atoms with Crippen LogP contribution in [-0.4, -0.2) is 29.9 Å². The molecule has 0 spiro atoms. The molecule has 0 radical (unpaired) electrons. The van der Waals surface area contributed by atoms with Crippen molar-refractivity contribution >= 4 is 28.8 Å². The van der Waals surface area contributed by atoms with Crippen LogP contribution >= 0.6 is 0 Å². The molecule has 3 aromatic carbocycles. The highest BCUT2D eigenvalue weighted by Crippen LogP contribution is 2.43. The van der Waals surface area contributed by atoms with Gasteiger partial charge in [-0.25, -0.2) is 4.39 Å². The minimum Gasteiger partial charge on any atom is -0.507 e. The van der Waals surface area contributed by atoms with E-state index in [1.807, 2.05) is 19.1 Å². The molecule has 172 valence electrons. The molecular weight excluding hydrogens is 431 g/mol. The van der Waals surface area contributed by atoms with E-state index in [4.69, 9.17) is 0 Å². The van der Waals surface area contributed by atoms with Crippen LogP contribution in [-0.2, 0) is 9.59 Å². The number of ketones is 1. The second kappa shape index (κ2) is 8.78. The highest BCUT2D eigenvalue weighted by atomic mass is 19.1. The molecule has 0 aromatic heterocycles. The highest BCUT2D eigenvalue weighted by molar-refractivity contribution is 6.51. The Morgan fingerprint density at radius 3 is 2.15 bits per heavy atom. The molecule has 2 fully saturated rings. The number of Topliss-reactive ketones (excluding diaryl/α,β-unsaturated/α-hetero) is 1. The van der Waals surface area contributed by atoms with Gasteiger partial charge in [0, 0.05) is 35.6 Å². The van der Waals surface area contributed by atoms with Crippen molar-refractivity contribution < 1.29 is 19.1 Å². The molecule has 5 nitrogen and oxygen atoms in total. The number of halogens is 1. The molecule has 0 aliphatic carbocycles. The number of aliphatic hydroxyl groups is 1. The predicted octanol–water partition coefficient (Wildman–Crippen LogP) is 5.36. The largest absolute Gasteiger partial charge is 0.507 e. The minimum atomic E-state index is -1.08. The zero-order valence-electron chi connectivity index (χ0n) is 18.9. The monoisotopic (exact) mass is 456 g/mol. The number of carbonyl (C=O) groups excluding carboxylic acids is 2. The van der Waals surface area contributed by atoms with Gasteiger partial charge in [-0.2, -0.15) is 0 Å². The number of aryl methyl sites for hydroxylation is 1. The third kappa shape index (κ3) is 3.75. The molecule has 0 bridgehead atoms. The Morgan fingerprint density at radius 1 is 0.882 bits per heavy atom. The quantitative estimate of drug-likeness (QED) is 0.326. The smallest absolute Gasteiger partial charge is 0.300 e. The first-order valence-electron chi connectivity index (χ1n) is 11.4. The van der Waals surface area contributed by atoms with E-state index in [1.54, 1.807) is 54.6 Å². The van der Waals surface area contributed by atoms with Gasteiger partial charge in [-0.1, -0.05) is 48.0 Å². The van der Waals surface area contributed by atoms with Gasteiger partial charge in [0.05, 0.1) is 11.6 Å². The van der Waals surface area contributed by atoms with Crippen molar-refractivity contribution in [2.24, 2.45) is 0 Å². The summed E-state index contributed by atoms with van der Waals surface area (Å²) in [4.78, 5) is 30.0. The summed E-state index contributed by atoms with van der Waals surface area (Å²) in [5.41, 5.74) is 2.93. The van der Waals surface area contributed by atoms with Crippen LogP contribution in [0.3, 0.4) is 0 Å². The maximum Gasteiger partial charge on any atom is 0.300 e. The van der Waals surface area contributed by atoms with Gasteiger partial charge in [0.2, 0.25) is 0 Å². The fourth-order valence-corrected chi connectivity index (χ4v) is 4.76. The van der Waals surface area contributed by atoms with Gasteiger partial charge in [0.1, 0.15) is 11.6 Å². The van der Waals surface area contributed by atoms with E-state index in [0.717, 1.165) is 37.2 Å². The number of aliphatic hydroxyl groups excluding tert-OH is 1. The fourth-order valence-electron chi connectivity index (χ4n) is 4.76. The first kappa shape index (κ1) is 21.9. The normalized spacial score (nSPS) is 19.8. The number of amides is 1. The van der Waals surface area contributed by atoms with Gasteiger partial charge < -0.3 is 10.0 Å². The molecule has 34 heavy (non-hydrogen) atoms. The average molecular weight is 457 g/mol. The van der Waals surface area contributed by atoms with Crippen LogP contribution in [0.25, 0.3) is 5.76 Å². The average Bonchev–Trinajstić information content (AvgIpc) is 3.47. The van der Waals surface area contributed by atoms with Crippen LogP contribution in [0.1, 0.15) is 35.6 Å². The Labute approximate surface area is 197 Å². The lowest BCUT2D eigenvalue weighted by Crippen LogP contribution is -2.30. The summed E-state index contributed by atoms with van der Waals surface area (Å²) in [6.45, 7) is 3.87. The van der Waals surface area contributed by atoms with E-state index in [1.165, 1.54) is 11.0 Å². The standard InChI is InChI=1S/C28H25FN2O3/c1-18-8-10-19(11-9-18)26(32)24-25(22-6-2-3-7-23(22)29)31(28(34)27(24)33)21-14-12-20(13-15-21)30-16-4-5-17-30/h2-3,6-15,25,32H,4-5,16-17H2,1H3/b26-24+. The second-order valence-electron chi connectivity index (χ2n) is 8.77. The molecule has 3 aromatic rings. The van der Waals surface area contributed by atoms with Gasteiger partial charge in [-0.05, 0) is 50.1 Å². The maximum absolute atomic E-state index is 15.0. The van der Waals surface area contributed by atoms with Crippen LogP contribution < -0.4 is 9.80 Å². The van der Waals surface area contributed by atoms with Gasteiger partial charge in [0.15, 0.2) is 0 Å². The van der Waals surface area contributed by atoms with Crippen molar-refractivity contribution in [3.05, 3.63) is 101 Å². The van der Waals surface area contributed by atoms with Crippen molar-refractivity contribution in [3.63, 3.8) is 0 Å². The molecule has 1 N–H and O–H groups in total. The molecule has 1 amide bonds. The topological polar surface area (TPSA) is 60.9 Å². The summed E-state index contributed by atoms with van der Waals surface area (Å²) in [5, 5.41) is 11.1. The van der Waals surface area contributed by atoms with E-state index in [9.17, 15) is 19.1 Å². The van der Waals surface area contributed by atoms with Gasteiger partial charge in [0.25, 0.3) is 11.7 Å². The third-order valence-electron chi connectivity index (χ3n) is 6.57. The lowest BCUT2D eigenvalue weighted by atomic mass is 9.94. The number of hydrogen-bond donors (Lipinski definition) is 1. The predicted molar refractivity (Wildman–Crippen MR) is 130 cm³/mol. The fraction of sp³-hybridized carbons (Fsp3) is 0.214. The summed E-state index contributed by atoms with van der Waals surface area (Å²) >= 11 is 0. The van der Waals surface area contributed by atoms with Crippen LogP contribution in [0, 0.1) is 12.7 Å². The minimum absolute atomic E-state index is 0.123. The number of hydrogen-bond acceptors (Lipinski definition) is 4. The van der Waals surface area contributed by atoms with Crippen LogP contribution in [0.4, 0.5) is 15.8 Å². The zero-order valence-corrected chi connectivity index (χ0v) is 18.9. The number of benzene rings is 3. The van der Waals surface area contributed by atoms with Crippen molar-refractivity contribution in [1.29, 1.82) is 0 Å². The molecule has 1 atom stereocenters. The van der Waals surface area contributed by atoms with Crippen molar-refractivity contribution in [3.8, 4) is 0 Å². The number of nitrogens with zero attached hydrogens (tertiary/aromatic N) is 2. The van der Waals surface area contributed by atoms with Crippen molar-refractivity contribution in [1.82, 2.24) is 0 Å². The lowest BCUT2D eigenvalue weighted by Gasteiger charge is -2.26. The zero-order chi connectivity index (χ0) is 23.8. The SMILES string of the molecule is Cc1ccc(/C(O)=C2\C(=O)C(=O)N(c3ccc(N4CCCC4)cc3)C2c2ccccc2F)cc1. The molecule has 1 unspecified atom stereocenters. The second-order valence-corrected chi connectivity index (χ2v) is 8.77. The van der Waals surface area contributed by atoms with Gasteiger partial charge in [-0.3, -0.25) is 14.5 Å². The molecule has 0 saturated carbocycles. The Balaban J connectivity index is 1.64. The summed E-state index contributed by atoms with van der Waals surface area (Å²) < 4.78 is 15.0. The first-order chi connectivity index (χ1) is 16.5. The number of anilines is 2. The molecular formula is C28H25FN2O3. The molecule has 6 heteroatoms. The van der Waals surface area contributed by atoms with Crippen LogP contribution in [0.2, 0.25) is 0 Å². The van der Waals surface area contributed by atoms with Crippen LogP contribution in [0.5, 0.6) is 0 Å². The summed E-state index contributed by atoms with van der Waals surface area (Å²) in [6.07, 6.45) is 2.28. The molecule has 2 heterocycles. The van der Waals surface area contributed by atoms with Crippen molar-refractivity contribution in [2.75, 3.05) is 22.9 Å². The molecule has 5 rings (SSSR count). The highest BCUT2D eigenvalue weighted by Gasteiger charge is 2.47. The summed E-state index contributed by atoms with van der Waals surface area (Å²) in [6, 6.07) is 19.3. The number of rotatable bonds is 4. The van der Waals surface area contributed by atoms with Gasteiger partial charge in [-0.15, -0.1) is 0 Å². The Bertz CT molecular complexity index is 1280. The first-order valence-corrected chi connectivity index (χ1v) is 11.4. The van der Waals surface area contributed by atoms with E-state index >= 15 is 0 Å². The maximum atomic E-state index is 15.0. The van der Waals surface area contributed by atoms with Crippen LogP contribution in [0.15, 0.2) is 78.4 Å². The van der Waals surface area contributed by atoms with Gasteiger partial charge >= 0.3 is 0 Å². The number of carbonyl (C=O) groups is 2. The Kier molecular flexibility index (Phi) is 5.65. The molecule has 2 aliphatic heterocycles. The summed E-state index contributed by atoms with van der Waals surface area (Å²) in [5.74, 6) is -2.50. The Morgan fingerprint density at radius 2 is 1.50 bits per heavy atom. The third-order valence-corrected chi connectivity index (χ3v) is 6.57. The van der Waals surface area contributed by atoms with Crippen molar-refractivity contribution in [2.45, 2.75) is 25.8 Å². The van der Waals surface area contributed by atoms with E-state index in [-0.39, 0.29) is 16.9 Å². The Hall–Kier alpha value is -3.93. The van der Waals surface area contributed by atoms with E-state index in [0.29, 0.717) is 11.3 Å². The van der Waals surface area contributed by atoms with E-state index in [2.05, 4.69) is 4.90 Å². The molecule has 2 saturated heterocycles. The summed E-state index contributed by atoms with van der Waals surface area (Å²) in [7, 11) is 0. The van der Waals surface area contributed by atoms with E-state index < -0.39 is 23.5 Å². The lowest BCUT2D eigenvalue weighted by molar-refractivity contribution is -0.132. The molecule has 2 aliphatic rings.